The van der Waals surface area contributed by atoms with Crippen molar-refractivity contribution < 1.29 is 4.79 Å². The maximum Gasteiger partial charge on any atom is 0.251 e. The molecule has 1 N–H and O–H groups in total. The van der Waals surface area contributed by atoms with Crippen molar-refractivity contribution in [2.24, 2.45) is 5.92 Å². The van der Waals surface area contributed by atoms with Crippen molar-refractivity contribution in [3.63, 3.8) is 0 Å². The second-order valence-corrected chi connectivity index (χ2v) is 7.48. The van der Waals surface area contributed by atoms with Crippen LogP contribution in [-0.4, -0.2) is 40.7 Å². The van der Waals surface area contributed by atoms with E-state index in [4.69, 9.17) is 0 Å². The van der Waals surface area contributed by atoms with Gasteiger partial charge in [-0.3, -0.25) is 9.78 Å². The molecule has 0 spiro atoms. The molecule has 2 aromatic heterocycles. The normalized spacial score (nSPS) is 17.0. The van der Waals surface area contributed by atoms with E-state index in [1.54, 1.807) is 6.20 Å². The SMILES string of the molecule is O=C(NCC1CN(c2ccc(C3CC3)nn2)C1)c1ccc2ncccc2c1. The second-order valence-electron chi connectivity index (χ2n) is 7.48. The summed E-state index contributed by atoms with van der Waals surface area (Å²) in [7, 11) is 0. The third-order valence-corrected chi connectivity index (χ3v) is 5.36. The van der Waals surface area contributed by atoms with Crippen LogP contribution in [0, 0.1) is 5.92 Å². The highest BCUT2D eigenvalue weighted by atomic mass is 16.1. The van der Waals surface area contributed by atoms with Gasteiger partial charge in [0, 0.05) is 48.6 Å². The molecule has 1 aliphatic heterocycles. The van der Waals surface area contributed by atoms with Crippen molar-refractivity contribution in [1.82, 2.24) is 20.5 Å². The highest BCUT2D eigenvalue weighted by Crippen LogP contribution is 2.38. The number of hydrogen-bond donors (Lipinski definition) is 1. The van der Waals surface area contributed by atoms with E-state index in [0.29, 0.717) is 23.9 Å². The van der Waals surface area contributed by atoms with Gasteiger partial charge in [0.15, 0.2) is 5.82 Å². The highest BCUT2D eigenvalue weighted by molar-refractivity contribution is 5.97. The minimum atomic E-state index is -0.0345. The molecule has 1 aromatic carbocycles. The summed E-state index contributed by atoms with van der Waals surface area (Å²) in [4.78, 5) is 18.9. The fraction of sp³-hybridized carbons (Fsp3) is 0.333. The van der Waals surface area contributed by atoms with Crippen LogP contribution >= 0.6 is 0 Å². The minimum Gasteiger partial charge on any atom is -0.354 e. The van der Waals surface area contributed by atoms with Gasteiger partial charge in [-0.2, -0.15) is 5.10 Å². The molecule has 1 aliphatic carbocycles. The molecule has 1 amide bonds. The molecule has 0 atom stereocenters. The predicted octanol–water partition coefficient (Wildman–Crippen LogP) is 2.77. The summed E-state index contributed by atoms with van der Waals surface area (Å²) in [6, 6.07) is 13.6. The average Bonchev–Trinajstić information content (AvgIpc) is 3.52. The fourth-order valence-corrected chi connectivity index (χ4v) is 3.54. The third kappa shape index (κ3) is 3.35. The van der Waals surface area contributed by atoms with Crippen LogP contribution in [0.25, 0.3) is 10.9 Å². The largest absolute Gasteiger partial charge is 0.354 e. The Morgan fingerprint density at radius 1 is 1.11 bits per heavy atom. The van der Waals surface area contributed by atoms with Crippen molar-refractivity contribution in [1.29, 1.82) is 0 Å². The molecule has 5 rings (SSSR count). The second kappa shape index (κ2) is 6.61. The predicted molar refractivity (Wildman–Crippen MR) is 104 cm³/mol. The number of hydrogen-bond acceptors (Lipinski definition) is 5. The number of amides is 1. The maximum atomic E-state index is 12.4. The molecule has 3 aromatic rings. The number of nitrogens with one attached hydrogen (secondary N) is 1. The van der Waals surface area contributed by atoms with Gasteiger partial charge in [-0.1, -0.05) is 6.07 Å². The maximum absolute atomic E-state index is 12.4. The number of carbonyl (C=O) groups excluding carboxylic acids is 1. The summed E-state index contributed by atoms with van der Waals surface area (Å²) >= 11 is 0. The van der Waals surface area contributed by atoms with Gasteiger partial charge < -0.3 is 10.2 Å². The molecular formula is C21H21N5O. The van der Waals surface area contributed by atoms with Gasteiger partial charge >= 0.3 is 0 Å². The lowest BCUT2D eigenvalue weighted by molar-refractivity contribution is 0.0944. The Morgan fingerprint density at radius 3 is 2.78 bits per heavy atom. The highest BCUT2D eigenvalue weighted by Gasteiger charge is 2.29. The first kappa shape index (κ1) is 16.2. The molecule has 3 heterocycles. The van der Waals surface area contributed by atoms with Crippen LogP contribution in [0.15, 0.2) is 48.7 Å². The Kier molecular flexibility index (Phi) is 3.96. The molecule has 136 valence electrons. The molecular weight excluding hydrogens is 338 g/mol. The number of pyridine rings is 1. The molecule has 0 unspecified atom stereocenters. The van der Waals surface area contributed by atoms with Crippen molar-refractivity contribution in [3.05, 3.63) is 59.9 Å². The summed E-state index contributed by atoms with van der Waals surface area (Å²) in [6.45, 7) is 2.48. The van der Waals surface area contributed by atoms with Crippen molar-refractivity contribution >= 4 is 22.6 Å². The van der Waals surface area contributed by atoms with Gasteiger partial charge in [-0.15, -0.1) is 5.10 Å². The molecule has 2 fully saturated rings. The molecule has 1 saturated heterocycles. The number of benzene rings is 1. The molecule has 0 bridgehead atoms. The van der Waals surface area contributed by atoms with Gasteiger partial charge in [0.05, 0.1) is 11.2 Å². The van der Waals surface area contributed by atoms with Crippen molar-refractivity contribution in [3.8, 4) is 0 Å². The van der Waals surface area contributed by atoms with Gasteiger partial charge in [0.1, 0.15) is 0 Å². The zero-order valence-corrected chi connectivity index (χ0v) is 15.0. The Bertz CT molecular complexity index is 977. The van der Waals surface area contributed by atoms with Crippen LogP contribution < -0.4 is 10.2 Å². The zero-order valence-electron chi connectivity index (χ0n) is 15.0. The lowest BCUT2D eigenvalue weighted by atomic mass is 10.00. The molecule has 1 saturated carbocycles. The van der Waals surface area contributed by atoms with Gasteiger partial charge in [0.2, 0.25) is 0 Å². The Balaban J connectivity index is 1.13. The monoisotopic (exact) mass is 359 g/mol. The molecule has 6 nitrogen and oxygen atoms in total. The molecule has 6 heteroatoms. The van der Waals surface area contributed by atoms with E-state index >= 15 is 0 Å². The molecule has 0 radical (unpaired) electrons. The minimum absolute atomic E-state index is 0.0345. The van der Waals surface area contributed by atoms with Gasteiger partial charge in [-0.25, -0.2) is 0 Å². The number of rotatable bonds is 5. The Hall–Kier alpha value is -3.02. The fourth-order valence-electron chi connectivity index (χ4n) is 3.54. The molecule has 2 aliphatic rings. The summed E-state index contributed by atoms with van der Waals surface area (Å²) < 4.78 is 0. The van der Waals surface area contributed by atoms with Gasteiger partial charge in [0.25, 0.3) is 5.91 Å². The third-order valence-electron chi connectivity index (χ3n) is 5.36. The van der Waals surface area contributed by atoms with Crippen LogP contribution in [0.1, 0.15) is 34.8 Å². The van der Waals surface area contributed by atoms with Crippen LogP contribution in [0.3, 0.4) is 0 Å². The number of nitrogens with zero attached hydrogens (tertiary/aromatic N) is 4. The zero-order chi connectivity index (χ0) is 18.2. The van der Waals surface area contributed by atoms with Gasteiger partial charge in [-0.05, 0) is 49.2 Å². The van der Waals surface area contributed by atoms with E-state index in [0.717, 1.165) is 35.5 Å². The van der Waals surface area contributed by atoms with Crippen LogP contribution in [-0.2, 0) is 0 Å². The van der Waals surface area contributed by atoms with E-state index in [1.807, 2.05) is 30.3 Å². The number of carbonyl (C=O) groups is 1. The van der Waals surface area contributed by atoms with E-state index in [1.165, 1.54) is 12.8 Å². The number of fused-ring (bicyclic) bond motifs is 1. The first-order valence-corrected chi connectivity index (χ1v) is 9.48. The van der Waals surface area contributed by atoms with Crippen LogP contribution in [0.5, 0.6) is 0 Å². The molecule has 27 heavy (non-hydrogen) atoms. The average molecular weight is 359 g/mol. The van der Waals surface area contributed by atoms with E-state index < -0.39 is 0 Å². The summed E-state index contributed by atoms with van der Waals surface area (Å²) in [6.07, 6.45) is 4.24. The van der Waals surface area contributed by atoms with Crippen molar-refractivity contribution in [2.45, 2.75) is 18.8 Å². The number of aromatic nitrogens is 3. The first-order valence-electron chi connectivity index (χ1n) is 9.48. The lowest BCUT2D eigenvalue weighted by Crippen LogP contribution is -2.51. The standard InChI is InChI=1S/C21H21N5O/c27-21(17-5-6-18-16(10-17)2-1-9-22-18)23-11-14-12-26(13-14)20-8-7-19(24-25-20)15-3-4-15/h1-2,5-10,14-15H,3-4,11-13H2,(H,23,27). The summed E-state index contributed by atoms with van der Waals surface area (Å²) in [5, 5.41) is 12.7. The Labute approximate surface area is 157 Å². The first-order chi connectivity index (χ1) is 13.3. The van der Waals surface area contributed by atoms with Crippen LogP contribution in [0.4, 0.5) is 5.82 Å². The van der Waals surface area contributed by atoms with E-state index in [-0.39, 0.29) is 5.91 Å². The summed E-state index contributed by atoms with van der Waals surface area (Å²) in [5.41, 5.74) is 2.69. The quantitative estimate of drug-likeness (QED) is 0.758. The lowest BCUT2D eigenvalue weighted by Gasteiger charge is -2.39. The number of anilines is 1. The van der Waals surface area contributed by atoms with E-state index in [9.17, 15) is 4.79 Å². The summed E-state index contributed by atoms with van der Waals surface area (Å²) in [5.74, 6) is 1.98. The topological polar surface area (TPSA) is 71.0 Å². The van der Waals surface area contributed by atoms with Crippen LogP contribution in [0.2, 0.25) is 0 Å². The van der Waals surface area contributed by atoms with Crippen molar-refractivity contribution in [2.75, 3.05) is 24.5 Å². The Morgan fingerprint density at radius 2 is 2.00 bits per heavy atom. The smallest absolute Gasteiger partial charge is 0.251 e. The van der Waals surface area contributed by atoms with E-state index in [2.05, 4.69) is 37.5 Å².